The predicted molar refractivity (Wildman–Crippen MR) is 60.0 cm³/mol. The van der Waals surface area contributed by atoms with Crippen LogP contribution in [0.3, 0.4) is 0 Å². The molecular formula is C10H15BrN2O. The number of rotatable bonds is 5. The molecule has 0 spiro atoms. The first-order chi connectivity index (χ1) is 6.75. The number of ether oxygens (including phenoxy) is 1. The summed E-state index contributed by atoms with van der Waals surface area (Å²) in [5, 5.41) is 0. The molecule has 1 rings (SSSR count). The van der Waals surface area contributed by atoms with E-state index >= 15 is 0 Å². The number of nitrogens with two attached hydrogens (primary N) is 1. The molecule has 3 nitrogen and oxygen atoms in total. The van der Waals surface area contributed by atoms with Gasteiger partial charge < -0.3 is 10.5 Å². The third-order valence-electron chi connectivity index (χ3n) is 1.78. The van der Waals surface area contributed by atoms with E-state index in [0.717, 1.165) is 23.2 Å². The van der Waals surface area contributed by atoms with E-state index in [4.69, 9.17) is 10.5 Å². The Kier molecular flexibility index (Phi) is 5.07. The summed E-state index contributed by atoms with van der Waals surface area (Å²) in [7, 11) is 0. The summed E-state index contributed by atoms with van der Waals surface area (Å²) >= 11 is 3.41. The van der Waals surface area contributed by atoms with E-state index in [2.05, 4.69) is 27.8 Å². The Morgan fingerprint density at radius 3 is 3.07 bits per heavy atom. The maximum atomic E-state index is 5.92. The van der Waals surface area contributed by atoms with Gasteiger partial charge in [-0.15, -0.1) is 0 Å². The first-order valence-electron chi connectivity index (χ1n) is 4.69. The molecule has 0 aliphatic heterocycles. The van der Waals surface area contributed by atoms with E-state index in [1.807, 2.05) is 12.1 Å². The summed E-state index contributed by atoms with van der Waals surface area (Å²) in [5.41, 5.74) is 6.77. The summed E-state index contributed by atoms with van der Waals surface area (Å²) in [6, 6.07) is 3.65. The fraction of sp³-hybridized carbons (Fsp3) is 0.500. The van der Waals surface area contributed by atoms with Crippen molar-refractivity contribution in [2.75, 3.05) is 13.2 Å². The fourth-order valence-electron chi connectivity index (χ4n) is 1.10. The molecule has 1 aromatic rings. The number of aromatic nitrogens is 1. The molecule has 0 fully saturated rings. The van der Waals surface area contributed by atoms with Crippen molar-refractivity contribution in [2.24, 2.45) is 5.73 Å². The molecule has 0 aliphatic rings. The van der Waals surface area contributed by atoms with Gasteiger partial charge in [0, 0.05) is 17.3 Å². The van der Waals surface area contributed by atoms with Crippen LogP contribution in [0.25, 0.3) is 0 Å². The summed E-state index contributed by atoms with van der Waals surface area (Å²) in [6.07, 6.45) is 2.75. The number of nitrogens with zero attached hydrogens (tertiary/aromatic N) is 1. The molecule has 1 atom stereocenters. The molecule has 0 bridgehead atoms. The molecule has 0 aromatic carbocycles. The monoisotopic (exact) mass is 258 g/mol. The zero-order valence-corrected chi connectivity index (χ0v) is 9.83. The summed E-state index contributed by atoms with van der Waals surface area (Å²) in [5.74, 6) is 0. The molecule has 0 radical (unpaired) electrons. The van der Waals surface area contributed by atoms with Crippen molar-refractivity contribution in [3.05, 3.63) is 28.5 Å². The average Bonchev–Trinajstić information content (AvgIpc) is 2.18. The Bertz CT molecular complexity index is 281. The number of pyridine rings is 1. The van der Waals surface area contributed by atoms with Crippen molar-refractivity contribution in [1.29, 1.82) is 0 Å². The highest BCUT2D eigenvalue weighted by Crippen LogP contribution is 2.18. The SMILES string of the molecule is CCCOCC(N)c1ncccc1Br. The average molecular weight is 259 g/mol. The lowest BCUT2D eigenvalue weighted by Crippen LogP contribution is -2.19. The number of hydrogen-bond acceptors (Lipinski definition) is 3. The van der Waals surface area contributed by atoms with Crippen LogP contribution < -0.4 is 5.73 Å². The minimum absolute atomic E-state index is 0.155. The molecule has 78 valence electrons. The van der Waals surface area contributed by atoms with Crippen molar-refractivity contribution in [3.8, 4) is 0 Å². The van der Waals surface area contributed by atoms with Gasteiger partial charge in [-0.25, -0.2) is 0 Å². The highest BCUT2D eigenvalue weighted by Gasteiger charge is 2.10. The zero-order chi connectivity index (χ0) is 10.4. The van der Waals surface area contributed by atoms with Gasteiger partial charge in [0.05, 0.1) is 18.3 Å². The molecule has 2 N–H and O–H groups in total. The smallest absolute Gasteiger partial charge is 0.0736 e. The topological polar surface area (TPSA) is 48.1 Å². The van der Waals surface area contributed by atoms with Crippen LogP contribution in [-0.2, 0) is 4.74 Å². The highest BCUT2D eigenvalue weighted by atomic mass is 79.9. The minimum atomic E-state index is -0.155. The molecule has 0 amide bonds. The number of halogens is 1. The third kappa shape index (κ3) is 3.36. The van der Waals surface area contributed by atoms with Crippen LogP contribution in [0.1, 0.15) is 25.1 Å². The van der Waals surface area contributed by atoms with Crippen LogP contribution in [0.4, 0.5) is 0 Å². The van der Waals surface area contributed by atoms with Gasteiger partial charge >= 0.3 is 0 Å². The van der Waals surface area contributed by atoms with Crippen molar-refractivity contribution in [3.63, 3.8) is 0 Å². The first-order valence-corrected chi connectivity index (χ1v) is 5.48. The molecule has 1 heterocycles. The van der Waals surface area contributed by atoms with Crippen molar-refractivity contribution < 1.29 is 4.74 Å². The van der Waals surface area contributed by atoms with E-state index < -0.39 is 0 Å². The van der Waals surface area contributed by atoms with Gasteiger partial charge in [-0.1, -0.05) is 6.92 Å². The van der Waals surface area contributed by atoms with Crippen molar-refractivity contribution in [1.82, 2.24) is 4.98 Å². The van der Waals surface area contributed by atoms with Gasteiger partial charge in [-0.2, -0.15) is 0 Å². The Hall–Kier alpha value is -0.450. The Morgan fingerprint density at radius 2 is 2.43 bits per heavy atom. The maximum absolute atomic E-state index is 5.92. The van der Waals surface area contributed by atoms with Crippen molar-refractivity contribution >= 4 is 15.9 Å². The lowest BCUT2D eigenvalue weighted by atomic mass is 10.2. The minimum Gasteiger partial charge on any atom is -0.379 e. The van der Waals surface area contributed by atoms with E-state index in [0.29, 0.717) is 6.61 Å². The lowest BCUT2D eigenvalue weighted by Gasteiger charge is -2.12. The van der Waals surface area contributed by atoms with Gasteiger partial charge in [0.15, 0.2) is 0 Å². The molecule has 1 aromatic heterocycles. The van der Waals surface area contributed by atoms with Gasteiger partial charge in [0.2, 0.25) is 0 Å². The van der Waals surface area contributed by atoms with E-state index in [1.165, 1.54) is 0 Å². The molecule has 0 aliphatic carbocycles. The van der Waals surface area contributed by atoms with Gasteiger partial charge in [-0.05, 0) is 34.5 Å². The summed E-state index contributed by atoms with van der Waals surface area (Å²) in [4.78, 5) is 4.21. The maximum Gasteiger partial charge on any atom is 0.0736 e. The molecular weight excluding hydrogens is 244 g/mol. The third-order valence-corrected chi connectivity index (χ3v) is 2.45. The predicted octanol–water partition coefficient (Wildman–Crippen LogP) is 2.27. The molecule has 14 heavy (non-hydrogen) atoms. The van der Waals surface area contributed by atoms with Gasteiger partial charge in [0.1, 0.15) is 0 Å². The second kappa shape index (κ2) is 6.11. The van der Waals surface area contributed by atoms with Crippen LogP contribution in [0.5, 0.6) is 0 Å². The van der Waals surface area contributed by atoms with E-state index in [9.17, 15) is 0 Å². The molecule has 1 unspecified atom stereocenters. The fourth-order valence-corrected chi connectivity index (χ4v) is 1.65. The standard InChI is InChI=1S/C10H15BrN2O/c1-2-6-14-7-9(12)10-8(11)4-3-5-13-10/h3-5,9H,2,6-7,12H2,1H3. The Labute approximate surface area is 92.8 Å². The summed E-state index contributed by atoms with van der Waals surface area (Å²) in [6.45, 7) is 3.34. The first kappa shape index (κ1) is 11.6. The van der Waals surface area contributed by atoms with Gasteiger partial charge in [-0.3, -0.25) is 4.98 Å². The largest absolute Gasteiger partial charge is 0.379 e. The van der Waals surface area contributed by atoms with Crippen LogP contribution in [-0.4, -0.2) is 18.2 Å². The van der Waals surface area contributed by atoms with Crippen molar-refractivity contribution in [2.45, 2.75) is 19.4 Å². The second-order valence-electron chi connectivity index (χ2n) is 3.05. The van der Waals surface area contributed by atoms with Crippen LogP contribution in [0.2, 0.25) is 0 Å². The van der Waals surface area contributed by atoms with Crippen LogP contribution in [0.15, 0.2) is 22.8 Å². The van der Waals surface area contributed by atoms with Crippen LogP contribution >= 0.6 is 15.9 Å². The van der Waals surface area contributed by atoms with E-state index in [1.54, 1.807) is 6.20 Å². The molecule has 4 heteroatoms. The Balaban J connectivity index is 2.51. The lowest BCUT2D eigenvalue weighted by molar-refractivity contribution is 0.120. The van der Waals surface area contributed by atoms with Gasteiger partial charge in [0.25, 0.3) is 0 Å². The summed E-state index contributed by atoms with van der Waals surface area (Å²) < 4.78 is 6.31. The Morgan fingerprint density at radius 1 is 1.64 bits per heavy atom. The molecule has 0 saturated heterocycles. The molecule has 0 saturated carbocycles. The quantitative estimate of drug-likeness (QED) is 0.825. The second-order valence-corrected chi connectivity index (χ2v) is 3.91. The number of hydrogen-bond donors (Lipinski definition) is 1. The highest BCUT2D eigenvalue weighted by molar-refractivity contribution is 9.10. The van der Waals surface area contributed by atoms with Crippen LogP contribution in [0, 0.1) is 0 Å². The van der Waals surface area contributed by atoms with E-state index in [-0.39, 0.29) is 6.04 Å². The zero-order valence-electron chi connectivity index (χ0n) is 8.24. The normalized spacial score (nSPS) is 12.8.